The molecular weight excluding hydrogens is 440 g/mol. The van der Waals surface area contributed by atoms with Crippen LogP contribution in [0.15, 0.2) is 47.5 Å². The molecule has 1 aliphatic carbocycles. The maximum absolute atomic E-state index is 13.2. The van der Waals surface area contributed by atoms with Crippen molar-refractivity contribution in [1.82, 2.24) is 24.0 Å². The summed E-state index contributed by atoms with van der Waals surface area (Å²) >= 11 is 0. The maximum atomic E-state index is 13.2. The normalized spacial score (nSPS) is 22.4. The van der Waals surface area contributed by atoms with E-state index in [1.54, 1.807) is 11.7 Å². The first-order valence-electron chi connectivity index (χ1n) is 12.3. The molecule has 8 nitrogen and oxygen atoms in total. The second-order valence-corrected chi connectivity index (χ2v) is 10.2. The summed E-state index contributed by atoms with van der Waals surface area (Å²) in [6, 6.07) is 11.3. The van der Waals surface area contributed by atoms with Crippen LogP contribution in [0.25, 0.3) is 33.1 Å². The fourth-order valence-electron chi connectivity index (χ4n) is 5.60. The van der Waals surface area contributed by atoms with Crippen molar-refractivity contribution in [1.29, 1.82) is 0 Å². The Bertz CT molecular complexity index is 1450. The van der Waals surface area contributed by atoms with Gasteiger partial charge in [-0.15, -0.1) is 0 Å². The molecule has 6 rings (SSSR count). The van der Waals surface area contributed by atoms with Crippen LogP contribution in [0.3, 0.4) is 0 Å². The van der Waals surface area contributed by atoms with Crippen molar-refractivity contribution in [2.75, 3.05) is 39.2 Å². The average Bonchev–Trinajstić information content (AvgIpc) is 3.43. The summed E-state index contributed by atoms with van der Waals surface area (Å²) in [4.78, 5) is 27.3. The first kappa shape index (κ1) is 22.2. The van der Waals surface area contributed by atoms with Gasteiger partial charge in [0, 0.05) is 56.5 Å². The van der Waals surface area contributed by atoms with E-state index >= 15 is 0 Å². The lowest BCUT2D eigenvalue weighted by Crippen LogP contribution is -2.37. The Hall–Kier alpha value is -3.23. The van der Waals surface area contributed by atoms with E-state index in [-0.39, 0.29) is 17.8 Å². The van der Waals surface area contributed by atoms with Gasteiger partial charge in [0.2, 0.25) is 0 Å². The fourth-order valence-corrected chi connectivity index (χ4v) is 5.60. The number of ether oxygens (including phenoxy) is 1. The second-order valence-electron chi connectivity index (χ2n) is 10.2. The van der Waals surface area contributed by atoms with Gasteiger partial charge in [-0.25, -0.2) is 9.78 Å². The van der Waals surface area contributed by atoms with Crippen LogP contribution in [-0.2, 0) is 11.8 Å². The second kappa shape index (κ2) is 8.46. The number of benzene rings is 1. The Kier molecular flexibility index (Phi) is 5.38. The average molecular weight is 473 g/mol. The molecule has 2 aliphatic rings. The van der Waals surface area contributed by atoms with Crippen LogP contribution in [0.1, 0.15) is 25.3 Å². The van der Waals surface area contributed by atoms with E-state index in [2.05, 4.69) is 53.1 Å². The summed E-state index contributed by atoms with van der Waals surface area (Å²) in [7, 11) is 7.85. The minimum Gasteiger partial charge on any atom is -0.381 e. The molecule has 8 heteroatoms. The van der Waals surface area contributed by atoms with E-state index in [0.29, 0.717) is 6.04 Å². The van der Waals surface area contributed by atoms with Gasteiger partial charge >= 0.3 is 5.69 Å². The molecule has 0 radical (unpaired) electrons. The molecule has 0 bridgehead atoms. The van der Waals surface area contributed by atoms with Gasteiger partial charge in [-0.3, -0.25) is 14.1 Å². The van der Waals surface area contributed by atoms with Crippen molar-refractivity contribution in [2.24, 2.45) is 7.05 Å². The quantitative estimate of drug-likeness (QED) is 0.443. The largest absolute Gasteiger partial charge is 0.381 e. The molecule has 4 aromatic rings. The third-order valence-corrected chi connectivity index (χ3v) is 7.98. The number of anilines is 1. The van der Waals surface area contributed by atoms with E-state index in [1.807, 2.05) is 30.1 Å². The molecule has 1 atom stereocenters. The number of hydrogen-bond donors (Lipinski definition) is 0. The molecule has 1 saturated carbocycles. The molecule has 0 N–H and O–H groups in total. The Balaban J connectivity index is 1.38. The van der Waals surface area contributed by atoms with E-state index < -0.39 is 0 Å². The third kappa shape index (κ3) is 3.63. The lowest BCUT2D eigenvalue weighted by molar-refractivity contribution is 0.00635. The Morgan fingerprint density at radius 2 is 1.86 bits per heavy atom. The van der Waals surface area contributed by atoms with Crippen LogP contribution in [-0.4, -0.2) is 70.4 Å². The first-order valence-corrected chi connectivity index (χ1v) is 12.3. The van der Waals surface area contributed by atoms with E-state index in [0.717, 1.165) is 71.2 Å². The van der Waals surface area contributed by atoms with Gasteiger partial charge in [0.25, 0.3) is 0 Å². The van der Waals surface area contributed by atoms with Crippen molar-refractivity contribution in [3.8, 4) is 11.1 Å². The number of imidazole rings is 1. The minimum absolute atomic E-state index is 0.00640. The van der Waals surface area contributed by atoms with Crippen molar-refractivity contribution >= 4 is 27.8 Å². The standard InChI is InChI=1S/C27H32N6O2/c1-30(2)19-9-10-32(16-19)25-8-6-18(14-29-25)17-5-7-23-22(11-17)26-24(15-28-23)31(3)27(34)33(26)20-12-21(13-20)35-4/h5-8,11,14-15,19-21H,9-10,12-13,16H2,1-4H3/t19-,20-,21+/m0/s1. The van der Waals surface area contributed by atoms with Crippen LogP contribution in [0, 0.1) is 0 Å². The number of methoxy groups -OCH3 is 1. The van der Waals surface area contributed by atoms with Gasteiger partial charge in [-0.2, -0.15) is 0 Å². The summed E-state index contributed by atoms with van der Waals surface area (Å²) in [5.41, 5.74) is 4.85. The summed E-state index contributed by atoms with van der Waals surface area (Å²) in [5, 5.41) is 0.996. The topological polar surface area (TPSA) is 68.4 Å². The van der Waals surface area contributed by atoms with Gasteiger partial charge in [0.05, 0.1) is 28.9 Å². The predicted molar refractivity (Wildman–Crippen MR) is 139 cm³/mol. The number of hydrogen-bond acceptors (Lipinski definition) is 6. The highest BCUT2D eigenvalue weighted by Crippen LogP contribution is 2.37. The van der Waals surface area contributed by atoms with Gasteiger partial charge in [-0.05, 0) is 63.2 Å². The van der Waals surface area contributed by atoms with Crippen LogP contribution in [0.4, 0.5) is 5.82 Å². The molecule has 1 saturated heterocycles. The Morgan fingerprint density at radius 3 is 2.54 bits per heavy atom. The van der Waals surface area contributed by atoms with E-state index in [9.17, 15) is 4.79 Å². The van der Waals surface area contributed by atoms with Crippen LogP contribution >= 0.6 is 0 Å². The molecule has 1 aromatic carbocycles. The molecule has 0 amide bonds. The third-order valence-electron chi connectivity index (χ3n) is 7.98. The maximum Gasteiger partial charge on any atom is 0.329 e. The highest BCUT2D eigenvalue weighted by molar-refractivity contribution is 6.04. The zero-order valence-electron chi connectivity index (χ0n) is 20.8. The minimum atomic E-state index is 0.00640. The Labute approximate surface area is 204 Å². The summed E-state index contributed by atoms with van der Waals surface area (Å²) in [6.07, 6.45) is 6.87. The molecule has 3 aromatic heterocycles. The lowest BCUT2D eigenvalue weighted by Gasteiger charge is -2.34. The van der Waals surface area contributed by atoms with Gasteiger partial charge in [-0.1, -0.05) is 6.07 Å². The van der Waals surface area contributed by atoms with E-state index in [4.69, 9.17) is 9.72 Å². The van der Waals surface area contributed by atoms with Gasteiger partial charge < -0.3 is 14.5 Å². The summed E-state index contributed by atoms with van der Waals surface area (Å²) < 4.78 is 9.14. The molecule has 1 aliphatic heterocycles. The van der Waals surface area contributed by atoms with Gasteiger partial charge in [0.1, 0.15) is 5.82 Å². The highest BCUT2D eigenvalue weighted by atomic mass is 16.5. The number of aromatic nitrogens is 4. The highest BCUT2D eigenvalue weighted by Gasteiger charge is 2.33. The van der Waals surface area contributed by atoms with Crippen molar-refractivity contribution in [2.45, 2.75) is 37.5 Å². The first-order chi connectivity index (χ1) is 16.9. The fraction of sp³-hybridized carbons (Fsp3) is 0.444. The molecule has 182 valence electrons. The molecule has 0 spiro atoms. The molecule has 0 unspecified atom stereocenters. The SMILES string of the molecule is CO[C@H]1C[C@@H](n2c(=O)n(C)c3cnc4ccc(-c5ccc(N6CC[C@H](N(C)C)C6)nc5)cc4c32)C1. The number of rotatable bonds is 5. The molecule has 2 fully saturated rings. The number of fused-ring (bicyclic) bond motifs is 3. The Morgan fingerprint density at radius 1 is 1.06 bits per heavy atom. The number of nitrogens with zero attached hydrogens (tertiary/aromatic N) is 6. The molecule has 4 heterocycles. The van der Waals surface area contributed by atoms with Crippen molar-refractivity contribution in [3.63, 3.8) is 0 Å². The van der Waals surface area contributed by atoms with Gasteiger partial charge in [0.15, 0.2) is 0 Å². The van der Waals surface area contributed by atoms with Crippen molar-refractivity contribution in [3.05, 3.63) is 53.2 Å². The van der Waals surface area contributed by atoms with Crippen LogP contribution in [0.5, 0.6) is 0 Å². The lowest BCUT2D eigenvalue weighted by atomic mass is 9.89. The zero-order valence-corrected chi connectivity index (χ0v) is 20.8. The predicted octanol–water partition coefficient (Wildman–Crippen LogP) is 3.44. The monoisotopic (exact) mass is 472 g/mol. The van der Waals surface area contributed by atoms with Crippen LogP contribution in [0.2, 0.25) is 0 Å². The number of likely N-dealkylation sites (N-methyl/N-ethyl adjacent to an activating group) is 1. The number of aryl methyl sites for hydroxylation is 1. The molecular formula is C27H32N6O2. The number of pyridine rings is 2. The molecule has 35 heavy (non-hydrogen) atoms. The summed E-state index contributed by atoms with van der Waals surface area (Å²) in [6.45, 7) is 2.04. The van der Waals surface area contributed by atoms with E-state index in [1.165, 1.54) is 0 Å². The van der Waals surface area contributed by atoms with Crippen LogP contribution < -0.4 is 10.6 Å². The zero-order chi connectivity index (χ0) is 24.3. The summed E-state index contributed by atoms with van der Waals surface area (Å²) in [5.74, 6) is 1.03. The van der Waals surface area contributed by atoms with Crippen molar-refractivity contribution < 1.29 is 4.74 Å². The smallest absolute Gasteiger partial charge is 0.329 e.